The monoisotopic (exact) mass is 220 g/mol. The van der Waals surface area contributed by atoms with E-state index in [1.54, 1.807) is 13.2 Å². The van der Waals surface area contributed by atoms with E-state index in [2.05, 4.69) is 9.97 Å². The van der Waals surface area contributed by atoms with Crippen LogP contribution in [0.4, 0.5) is 0 Å². The minimum absolute atomic E-state index is 0.251. The van der Waals surface area contributed by atoms with Crippen LogP contribution in [0, 0.1) is 5.92 Å². The molecule has 1 aromatic rings. The zero-order valence-electron chi connectivity index (χ0n) is 9.48. The number of methoxy groups -OCH3 is 1. The fourth-order valence-corrected chi connectivity index (χ4v) is 2.16. The van der Waals surface area contributed by atoms with Crippen molar-refractivity contribution in [2.24, 2.45) is 5.92 Å². The van der Waals surface area contributed by atoms with Gasteiger partial charge in [0.25, 0.3) is 0 Å². The molecule has 0 saturated heterocycles. The van der Waals surface area contributed by atoms with Crippen LogP contribution in [0.25, 0.3) is 0 Å². The van der Waals surface area contributed by atoms with Crippen molar-refractivity contribution >= 4 is 5.78 Å². The molecular weight excluding hydrogens is 204 g/mol. The van der Waals surface area contributed by atoms with Crippen LogP contribution < -0.4 is 4.74 Å². The third-order valence-electron chi connectivity index (χ3n) is 3.07. The second kappa shape index (κ2) is 5.05. The van der Waals surface area contributed by atoms with Gasteiger partial charge < -0.3 is 4.74 Å². The molecule has 1 saturated carbocycles. The second-order valence-electron chi connectivity index (χ2n) is 4.18. The Hall–Kier alpha value is -1.45. The van der Waals surface area contributed by atoms with Gasteiger partial charge in [0.05, 0.1) is 12.8 Å². The first-order chi connectivity index (χ1) is 7.79. The van der Waals surface area contributed by atoms with E-state index in [1.165, 1.54) is 19.2 Å². The molecule has 1 aliphatic carbocycles. The summed E-state index contributed by atoms with van der Waals surface area (Å²) in [6.45, 7) is 0. The standard InChI is InChI=1S/C12H16N2O2/c1-16-12-7-10(13-8-14-12)6-11(15)9-4-2-3-5-9/h7-9H,2-6H2,1H3. The van der Waals surface area contributed by atoms with Crippen LogP contribution in [0.3, 0.4) is 0 Å². The topological polar surface area (TPSA) is 52.1 Å². The van der Waals surface area contributed by atoms with E-state index in [0.717, 1.165) is 18.5 Å². The Labute approximate surface area is 95.1 Å². The highest BCUT2D eigenvalue weighted by Gasteiger charge is 2.22. The molecule has 0 spiro atoms. The quantitative estimate of drug-likeness (QED) is 0.776. The number of rotatable bonds is 4. The van der Waals surface area contributed by atoms with Crippen LogP contribution in [0.15, 0.2) is 12.4 Å². The zero-order chi connectivity index (χ0) is 11.4. The van der Waals surface area contributed by atoms with Gasteiger partial charge in [-0.2, -0.15) is 0 Å². The molecule has 0 N–H and O–H groups in total. The number of hydrogen-bond acceptors (Lipinski definition) is 4. The van der Waals surface area contributed by atoms with Crippen LogP contribution in [0.2, 0.25) is 0 Å². The summed E-state index contributed by atoms with van der Waals surface area (Å²) in [6.07, 6.45) is 6.30. The molecule has 4 nitrogen and oxygen atoms in total. The molecular formula is C12H16N2O2. The number of ketones is 1. The van der Waals surface area contributed by atoms with E-state index < -0.39 is 0 Å². The first kappa shape index (κ1) is 11.0. The van der Waals surface area contributed by atoms with Crippen LogP contribution in [0.1, 0.15) is 31.4 Å². The van der Waals surface area contributed by atoms with Gasteiger partial charge >= 0.3 is 0 Å². The number of aromatic nitrogens is 2. The Morgan fingerprint density at radius 2 is 2.19 bits per heavy atom. The first-order valence-electron chi connectivity index (χ1n) is 5.67. The van der Waals surface area contributed by atoms with Crippen LogP contribution in [-0.4, -0.2) is 22.9 Å². The molecule has 1 fully saturated rings. The molecule has 1 aromatic heterocycles. The van der Waals surface area contributed by atoms with Crippen molar-refractivity contribution in [3.05, 3.63) is 18.1 Å². The lowest BCUT2D eigenvalue weighted by atomic mass is 9.99. The van der Waals surface area contributed by atoms with Gasteiger partial charge in [-0.25, -0.2) is 9.97 Å². The summed E-state index contributed by atoms with van der Waals surface area (Å²) in [5, 5.41) is 0. The summed E-state index contributed by atoms with van der Waals surface area (Å²) in [5.74, 6) is 1.07. The summed E-state index contributed by atoms with van der Waals surface area (Å²) >= 11 is 0. The molecule has 1 aliphatic rings. The van der Waals surface area contributed by atoms with Crippen molar-refractivity contribution in [3.63, 3.8) is 0 Å². The Morgan fingerprint density at radius 3 is 2.88 bits per heavy atom. The normalized spacial score (nSPS) is 16.3. The molecule has 0 aliphatic heterocycles. The van der Waals surface area contributed by atoms with Gasteiger partial charge in [-0.1, -0.05) is 12.8 Å². The van der Waals surface area contributed by atoms with Crippen LogP contribution in [0.5, 0.6) is 5.88 Å². The SMILES string of the molecule is COc1cc(CC(=O)C2CCCC2)ncn1. The number of carbonyl (C=O) groups is 1. The highest BCUT2D eigenvalue weighted by Crippen LogP contribution is 2.26. The lowest BCUT2D eigenvalue weighted by Gasteiger charge is -2.07. The molecule has 0 radical (unpaired) electrons. The third-order valence-corrected chi connectivity index (χ3v) is 3.07. The van der Waals surface area contributed by atoms with Crippen molar-refractivity contribution in [2.75, 3.05) is 7.11 Å². The molecule has 1 heterocycles. The molecule has 4 heteroatoms. The van der Waals surface area contributed by atoms with Gasteiger partial charge in [-0.05, 0) is 12.8 Å². The maximum Gasteiger partial charge on any atom is 0.216 e. The molecule has 0 bridgehead atoms. The van der Waals surface area contributed by atoms with Gasteiger partial charge in [0.15, 0.2) is 0 Å². The van der Waals surface area contributed by atoms with E-state index in [9.17, 15) is 4.79 Å². The van der Waals surface area contributed by atoms with Crippen molar-refractivity contribution < 1.29 is 9.53 Å². The number of hydrogen-bond donors (Lipinski definition) is 0. The van der Waals surface area contributed by atoms with Crippen molar-refractivity contribution in [3.8, 4) is 5.88 Å². The van der Waals surface area contributed by atoms with Gasteiger partial charge in [-0.3, -0.25) is 4.79 Å². The van der Waals surface area contributed by atoms with Gasteiger partial charge in [0.2, 0.25) is 5.88 Å². The first-order valence-corrected chi connectivity index (χ1v) is 5.67. The van der Waals surface area contributed by atoms with Gasteiger partial charge in [-0.15, -0.1) is 0 Å². The lowest BCUT2D eigenvalue weighted by molar-refractivity contribution is -0.122. The Bertz CT molecular complexity index is 373. The number of ether oxygens (including phenoxy) is 1. The van der Waals surface area contributed by atoms with Crippen molar-refractivity contribution in [2.45, 2.75) is 32.1 Å². The number of Topliss-reactive ketones (excluding diaryl/α,β-unsaturated/α-hetero) is 1. The smallest absolute Gasteiger partial charge is 0.216 e. The molecule has 0 aromatic carbocycles. The summed E-state index contributed by atoms with van der Waals surface area (Å²) in [7, 11) is 1.56. The summed E-state index contributed by atoms with van der Waals surface area (Å²) in [5.41, 5.74) is 0.753. The maximum absolute atomic E-state index is 11.9. The number of nitrogens with zero attached hydrogens (tertiary/aromatic N) is 2. The maximum atomic E-state index is 11.9. The van der Waals surface area contributed by atoms with E-state index in [1.807, 2.05) is 0 Å². The zero-order valence-corrected chi connectivity index (χ0v) is 9.48. The van der Waals surface area contributed by atoms with Crippen LogP contribution >= 0.6 is 0 Å². The Morgan fingerprint density at radius 1 is 1.44 bits per heavy atom. The van der Waals surface area contributed by atoms with Crippen molar-refractivity contribution in [1.29, 1.82) is 0 Å². The van der Waals surface area contributed by atoms with E-state index in [-0.39, 0.29) is 5.92 Å². The molecule has 0 amide bonds. The predicted molar refractivity (Wildman–Crippen MR) is 59.3 cm³/mol. The molecule has 16 heavy (non-hydrogen) atoms. The molecule has 0 atom stereocenters. The van der Waals surface area contributed by atoms with E-state index in [0.29, 0.717) is 18.1 Å². The molecule has 0 unspecified atom stereocenters. The molecule has 2 rings (SSSR count). The van der Waals surface area contributed by atoms with Crippen LogP contribution in [-0.2, 0) is 11.2 Å². The summed E-state index contributed by atoms with van der Waals surface area (Å²) in [6, 6.07) is 1.73. The minimum atomic E-state index is 0.251. The highest BCUT2D eigenvalue weighted by atomic mass is 16.5. The van der Waals surface area contributed by atoms with Gasteiger partial charge in [0, 0.05) is 18.4 Å². The Kier molecular flexibility index (Phi) is 3.49. The van der Waals surface area contributed by atoms with Crippen molar-refractivity contribution in [1.82, 2.24) is 9.97 Å². The highest BCUT2D eigenvalue weighted by molar-refractivity contribution is 5.83. The minimum Gasteiger partial charge on any atom is -0.481 e. The fraction of sp³-hybridized carbons (Fsp3) is 0.583. The van der Waals surface area contributed by atoms with E-state index >= 15 is 0 Å². The fourth-order valence-electron chi connectivity index (χ4n) is 2.16. The lowest BCUT2D eigenvalue weighted by Crippen LogP contribution is -2.14. The third kappa shape index (κ3) is 2.56. The molecule has 86 valence electrons. The van der Waals surface area contributed by atoms with Gasteiger partial charge in [0.1, 0.15) is 12.1 Å². The number of carbonyl (C=O) groups excluding carboxylic acids is 1. The second-order valence-corrected chi connectivity index (χ2v) is 4.18. The average molecular weight is 220 g/mol. The summed E-state index contributed by atoms with van der Waals surface area (Å²) < 4.78 is 5.00. The summed E-state index contributed by atoms with van der Waals surface area (Å²) in [4.78, 5) is 19.9. The average Bonchev–Trinajstić information content (AvgIpc) is 2.83. The predicted octanol–water partition coefficient (Wildman–Crippen LogP) is 1.79. The Balaban J connectivity index is 1.99. The largest absolute Gasteiger partial charge is 0.481 e. The van der Waals surface area contributed by atoms with E-state index in [4.69, 9.17) is 4.74 Å².